The Hall–Kier alpha value is -3.22. The first kappa shape index (κ1) is 23.2. The van der Waals surface area contributed by atoms with E-state index in [1.54, 1.807) is 0 Å². The molecule has 1 unspecified atom stereocenters. The molecule has 0 saturated heterocycles. The van der Waals surface area contributed by atoms with Crippen molar-refractivity contribution < 1.29 is 0 Å². The van der Waals surface area contributed by atoms with Gasteiger partial charge in [-0.1, -0.05) is 49.6 Å². The summed E-state index contributed by atoms with van der Waals surface area (Å²) in [5.74, 6) is 3.02. The third-order valence-corrected chi connectivity index (χ3v) is 8.67. The third kappa shape index (κ3) is 5.01. The average Bonchev–Trinajstić information content (AvgIpc) is 3.54. The van der Waals surface area contributed by atoms with Crippen LogP contribution in [0.25, 0.3) is 11.2 Å². The summed E-state index contributed by atoms with van der Waals surface area (Å²) in [5, 5.41) is 16.1. The molecule has 0 spiro atoms. The number of anilines is 1. The van der Waals surface area contributed by atoms with Crippen molar-refractivity contribution in [2.75, 3.05) is 5.73 Å². The summed E-state index contributed by atoms with van der Waals surface area (Å²) in [6.07, 6.45) is 17.1. The third-order valence-electron chi connectivity index (χ3n) is 8.67. The Morgan fingerprint density at radius 2 is 1.83 bits per heavy atom. The fourth-order valence-electron chi connectivity index (χ4n) is 6.37. The number of nitrogen functional groups attached to an aromatic ring is 1. The van der Waals surface area contributed by atoms with E-state index in [1.807, 2.05) is 6.07 Å². The maximum atomic E-state index is 6.19. The normalized spacial score (nSPS) is 21.4. The summed E-state index contributed by atoms with van der Waals surface area (Å²) >= 11 is 0. The van der Waals surface area contributed by atoms with Gasteiger partial charge in [0.25, 0.3) is 0 Å². The Balaban J connectivity index is 1.14. The highest BCUT2D eigenvalue weighted by atomic mass is 15.3. The van der Waals surface area contributed by atoms with Gasteiger partial charge in [0.2, 0.25) is 5.65 Å². The zero-order valence-electron chi connectivity index (χ0n) is 21.0. The van der Waals surface area contributed by atoms with Crippen LogP contribution in [0.1, 0.15) is 92.7 Å². The molecule has 0 aliphatic heterocycles. The molecule has 3 N–H and O–H groups in total. The van der Waals surface area contributed by atoms with Gasteiger partial charge in [0.05, 0.1) is 6.20 Å². The minimum atomic E-state index is 0.193. The maximum Gasteiger partial charge on any atom is 0.203 e. The molecule has 7 nitrogen and oxygen atoms in total. The summed E-state index contributed by atoms with van der Waals surface area (Å²) in [5.41, 5.74) is 11.5. The fraction of sp³-hybridized carbons (Fsp3) is 0.517. The van der Waals surface area contributed by atoms with E-state index in [2.05, 4.69) is 67.8 Å². The predicted molar refractivity (Wildman–Crippen MR) is 142 cm³/mol. The minimum absolute atomic E-state index is 0.193. The molecule has 2 saturated carbocycles. The number of benzene rings is 1. The van der Waals surface area contributed by atoms with Crippen molar-refractivity contribution in [1.29, 1.82) is 0 Å². The van der Waals surface area contributed by atoms with E-state index in [0.717, 1.165) is 41.8 Å². The van der Waals surface area contributed by atoms with Gasteiger partial charge in [-0.2, -0.15) is 15.4 Å². The van der Waals surface area contributed by atoms with E-state index in [4.69, 9.17) is 10.8 Å². The number of nitrogens with two attached hydrogens (primary N) is 1. The van der Waals surface area contributed by atoms with E-state index >= 15 is 0 Å². The summed E-state index contributed by atoms with van der Waals surface area (Å²) in [4.78, 5) is 4.37. The van der Waals surface area contributed by atoms with Crippen LogP contribution in [0.5, 0.6) is 0 Å². The Morgan fingerprint density at radius 3 is 2.61 bits per heavy atom. The van der Waals surface area contributed by atoms with Gasteiger partial charge in [0, 0.05) is 18.7 Å². The Bertz CT molecular complexity index is 1270. The lowest BCUT2D eigenvalue weighted by molar-refractivity contribution is 0.266. The molecule has 188 valence electrons. The molecule has 0 amide bonds. The van der Waals surface area contributed by atoms with Gasteiger partial charge in [0.15, 0.2) is 0 Å². The number of H-pyrrole nitrogens is 1. The van der Waals surface area contributed by atoms with Gasteiger partial charge in [-0.25, -0.2) is 4.98 Å². The van der Waals surface area contributed by atoms with Crippen molar-refractivity contribution in [2.45, 2.75) is 82.6 Å². The Morgan fingerprint density at radius 1 is 1.00 bits per heavy atom. The molecule has 2 fully saturated rings. The number of hydrogen-bond donors (Lipinski definition) is 2. The van der Waals surface area contributed by atoms with Crippen LogP contribution >= 0.6 is 0 Å². The van der Waals surface area contributed by atoms with Crippen molar-refractivity contribution in [3.8, 4) is 0 Å². The Kier molecular flexibility index (Phi) is 6.71. The van der Waals surface area contributed by atoms with Gasteiger partial charge in [-0.15, -0.1) is 5.10 Å². The first-order valence-electron chi connectivity index (χ1n) is 13.8. The zero-order valence-corrected chi connectivity index (χ0v) is 21.0. The molecular weight excluding hydrogens is 446 g/mol. The molecular formula is C29H37N7. The predicted octanol–water partition coefficient (Wildman–Crippen LogP) is 6.21. The van der Waals surface area contributed by atoms with Crippen LogP contribution in [0.15, 0.2) is 48.8 Å². The van der Waals surface area contributed by atoms with Crippen LogP contribution in [-0.4, -0.2) is 30.2 Å². The summed E-state index contributed by atoms with van der Waals surface area (Å²) in [6.45, 7) is 1.02. The second-order valence-corrected chi connectivity index (χ2v) is 11.0. The zero-order chi connectivity index (χ0) is 24.3. The van der Waals surface area contributed by atoms with Crippen molar-refractivity contribution in [3.05, 3.63) is 65.5 Å². The molecule has 2 aliphatic carbocycles. The molecule has 1 aromatic carbocycles. The molecule has 36 heavy (non-hydrogen) atoms. The van der Waals surface area contributed by atoms with E-state index in [1.165, 1.54) is 68.9 Å². The molecule has 3 aromatic heterocycles. The van der Waals surface area contributed by atoms with Crippen LogP contribution in [0, 0.1) is 11.8 Å². The van der Waals surface area contributed by atoms with Gasteiger partial charge >= 0.3 is 0 Å². The highest BCUT2D eigenvalue weighted by Crippen LogP contribution is 2.39. The smallest absolute Gasteiger partial charge is 0.203 e. The first-order valence-corrected chi connectivity index (χ1v) is 13.8. The molecule has 3 heterocycles. The molecule has 0 bridgehead atoms. The largest absolute Gasteiger partial charge is 0.384 e. The van der Waals surface area contributed by atoms with Gasteiger partial charge in [-0.3, -0.25) is 4.68 Å². The summed E-state index contributed by atoms with van der Waals surface area (Å²) in [6, 6.07) is 13.1. The number of hydrogen-bond acceptors (Lipinski definition) is 5. The number of nitrogens with one attached hydrogen (secondary N) is 1. The molecule has 4 aromatic rings. The van der Waals surface area contributed by atoms with Crippen LogP contribution in [0.2, 0.25) is 0 Å². The standard InChI is InChI=1S/C29H37N7/c30-27-16-26(28-29(32-27)34-35-33-28)25(24-17-31-36(19-24)18-21-7-4-8-21)11-5-6-20-12-14-23(15-13-20)22-9-2-1-3-10-22/h1-3,9-10,16-17,19-21,23,25H,4-8,11-15,18H2,(H3,30,32,33,34,35). The molecule has 7 heteroatoms. The lowest BCUT2D eigenvalue weighted by Gasteiger charge is -2.29. The van der Waals surface area contributed by atoms with Crippen LogP contribution in [0.4, 0.5) is 5.82 Å². The quantitative estimate of drug-likeness (QED) is 0.295. The van der Waals surface area contributed by atoms with Gasteiger partial charge in [0.1, 0.15) is 11.3 Å². The number of fused-ring (bicyclic) bond motifs is 1. The second kappa shape index (κ2) is 10.4. The highest BCUT2D eigenvalue weighted by molar-refractivity contribution is 5.77. The number of nitrogens with zero attached hydrogens (tertiary/aromatic N) is 5. The molecule has 6 rings (SSSR count). The first-order chi connectivity index (χ1) is 17.7. The van der Waals surface area contributed by atoms with Crippen LogP contribution in [0.3, 0.4) is 0 Å². The van der Waals surface area contributed by atoms with Crippen molar-refractivity contribution in [1.82, 2.24) is 30.2 Å². The van der Waals surface area contributed by atoms with E-state index in [9.17, 15) is 0 Å². The van der Waals surface area contributed by atoms with Crippen LogP contribution in [-0.2, 0) is 6.54 Å². The topological polar surface area (TPSA) is 98.3 Å². The monoisotopic (exact) mass is 483 g/mol. The molecule has 2 aliphatic rings. The second-order valence-electron chi connectivity index (χ2n) is 11.0. The van der Waals surface area contributed by atoms with Crippen molar-refractivity contribution in [2.24, 2.45) is 11.8 Å². The summed E-state index contributed by atoms with van der Waals surface area (Å²) < 4.78 is 2.14. The number of aromatic amines is 1. The Labute approximate surface area is 212 Å². The van der Waals surface area contributed by atoms with E-state index < -0.39 is 0 Å². The maximum absolute atomic E-state index is 6.19. The summed E-state index contributed by atoms with van der Waals surface area (Å²) in [7, 11) is 0. The molecule has 0 radical (unpaired) electrons. The SMILES string of the molecule is Nc1cc(C(CCCC2CCC(c3ccccc3)CC2)c2cnn(CC3CCC3)c2)c2n[nH]nc2n1. The van der Waals surface area contributed by atoms with Crippen LogP contribution < -0.4 is 5.73 Å². The lowest BCUT2D eigenvalue weighted by atomic mass is 9.76. The fourth-order valence-corrected chi connectivity index (χ4v) is 6.37. The minimum Gasteiger partial charge on any atom is -0.384 e. The number of rotatable bonds is 9. The highest BCUT2D eigenvalue weighted by Gasteiger charge is 2.25. The van der Waals surface area contributed by atoms with Crippen molar-refractivity contribution in [3.63, 3.8) is 0 Å². The number of pyridine rings is 1. The van der Waals surface area contributed by atoms with Crippen molar-refractivity contribution >= 4 is 17.0 Å². The van der Waals surface area contributed by atoms with E-state index in [0.29, 0.717) is 11.5 Å². The number of aromatic nitrogens is 6. The lowest BCUT2D eigenvalue weighted by Crippen LogP contribution is -2.18. The van der Waals surface area contributed by atoms with Gasteiger partial charge < -0.3 is 5.73 Å². The molecule has 1 atom stereocenters. The van der Waals surface area contributed by atoms with E-state index in [-0.39, 0.29) is 5.92 Å². The average molecular weight is 484 g/mol. The van der Waals surface area contributed by atoms with Gasteiger partial charge in [-0.05, 0) is 85.5 Å².